The van der Waals surface area contributed by atoms with E-state index in [-0.39, 0.29) is 11.1 Å². The number of anilines is 1. The van der Waals surface area contributed by atoms with Gasteiger partial charge in [0.1, 0.15) is 17.1 Å². The first-order chi connectivity index (χ1) is 19.8. The van der Waals surface area contributed by atoms with E-state index in [1.54, 1.807) is 62.3 Å². The van der Waals surface area contributed by atoms with Crippen LogP contribution in [0.5, 0.6) is 23.0 Å². The summed E-state index contributed by atoms with van der Waals surface area (Å²) < 4.78 is 20.7. The van der Waals surface area contributed by atoms with Gasteiger partial charge in [-0.25, -0.2) is 4.68 Å². The number of carbonyl (C=O) groups is 1. The second kappa shape index (κ2) is 13.0. The number of fused-ring (bicyclic) bond motifs is 1. The number of nitrogens with zero attached hydrogens (tertiary/aromatic N) is 3. The lowest BCUT2D eigenvalue weighted by Gasteiger charge is -2.14. The zero-order chi connectivity index (χ0) is 29.5. The topological polar surface area (TPSA) is 96.6 Å². The number of hydrogen-bond donors (Lipinski definition) is 1. The van der Waals surface area contributed by atoms with Crippen LogP contribution in [-0.4, -0.2) is 34.0 Å². The highest BCUT2D eigenvalue weighted by molar-refractivity contribution is 6.05. The molecule has 9 nitrogen and oxygen atoms in total. The van der Waals surface area contributed by atoms with Gasteiger partial charge in [-0.3, -0.25) is 19.3 Å². The summed E-state index contributed by atoms with van der Waals surface area (Å²) in [7, 11) is 3.36. The van der Waals surface area contributed by atoms with E-state index < -0.39 is 5.91 Å². The SMILES string of the molecule is C/C=C(\C=C/CC)n1c(=O)c(C(=O)Nc2ccc(Oc3ccnc4cc(OCCC)c(OC)cc34)cc2)c(C)n1C. The van der Waals surface area contributed by atoms with Crippen LogP contribution in [0.25, 0.3) is 16.6 Å². The Kier molecular flexibility index (Phi) is 9.29. The second-order valence-electron chi connectivity index (χ2n) is 9.38. The fraction of sp³-hybridized carbons (Fsp3) is 0.281. The number of nitrogens with one attached hydrogen (secondary N) is 1. The van der Waals surface area contributed by atoms with Crippen LogP contribution >= 0.6 is 0 Å². The molecule has 0 bridgehead atoms. The Balaban J connectivity index is 1.55. The minimum absolute atomic E-state index is 0.0940. The first-order valence-electron chi connectivity index (χ1n) is 13.6. The van der Waals surface area contributed by atoms with Gasteiger partial charge in [0.25, 0.3) is 11.5 Å². The predicted molar refractivity (Wildman–Crippen MR) is 162 cm³/mol. The number of pyridine rings is 1. The van der Waals surface area contributed by atoms with Crippen LogP contribution in [0.2, 0.25) is 0 Å². The summed E-state index contributed by atoms with van der Waals surface area (Å²) in [6.07, 6.45) is 9.08. The zero-order valence-corrected chi connectivity index (χ0v) is 24.4. The average molecular weight is 557 g/mol. The standard InChI is InChI=1S/C32H36N4O5/c1-7-10-11-23(9-3)36-32(38)30(21(4)35(36)5)31(37)34-22-12-14-24(15-13-22)41-27-16-17-33-26-20-29(40-18-8-2)28(39-6)19-25(26)27/h9-17,19-20H,7-8,18H2,1-6H3,(H,34,37)/b11-10-,23-9+. The van der Waals surface area contributed by atoms with Crippen molar-refractivity contribution in [2.45, 2.75) is 40.5 Å². The van der Waals surface area contributed by atoms with Gasteiger partial charge >= 0.3 is 0 Å². The third kappa shape index (κ3) is 6.19. The molecule has 0 atom stereocenters. The van der Waals surface area contributed by atoms with Gasteiger partial charge < -0.3 is 19.5 Å². The van der Waals surface area contributed by atoms with E-state index >= 15 is 0 Å². The number of amides is 1. The van der Waals surface area contributed by atoms with Gasteiger partial charge in [-0.1, -0.05) is 26.0 Å². The monoisotopic (exact) mass is 556 g/mol. The van der Waals surface area contributed by atoms with Gasteiger partial charge in [-0.15, -0.1) is 0 Å². The fourth-order valence-electron chi connectivity index (χ4n) is 4.42. The van der Waals surface area contributed by atoms with E-state index in [1.807, 2.05) is 51.1 Å². The third-order valence-electron chi connectivity index (χ3n) is 6.63. The molecule has 41 heavy (non-hydrogen) atoms. The van der Waals surface area contributed by atoms with Crippen molar-refractivity contribution in [2.24, 2.45) is 7.05 Å². The molecule has 4 aromatic rings. The first-order valence-corrected chi connectivity index (χ1v) is 13.6. The van der Waals surface area contributed by atoms with E-state index in [0.29, 0.717) is 52.2 Å². The zero-order valence-electron chi connectivity index (χ0n) is 24.4. The Morgan fingerprint density at radius 1 is 1.07 bits per heavy atom. The van der Waals surface area contributed by atoms with Crippen molar-refractivity contribution in [1.82, 2.24) is 14.3 Å². The van der Waals surface area contributed by atoms with Crippen molar-refractivity contribution in [3.8, 4) is 23.0 Å². The highest BCUT2D eigenvalue weighted by atomic mass is 16.5. The van der Waals surface area contributed by atoms with Crippen molar-refractivity contribution in [1.29, 1.82) is 0 Å². The van der Waals surface area contributed by atoms with Gasteiger partial charge in [-0.05, 0) is 69.2 Å². The van der Waals surface area contributed by atoms with Gasteiger partial charge in [0.2, 0.25) is 0 Å². The number of aromatic nitrogens is 3. The molecule has 9 heteroatoms. The number of allylic oxidation sites excluding steroid dienone is 4. The summed E-state index contributed by atoms with van der Waals surface area (Å²) in [6, 6.07) is 12.4. The van der Waals surface area contributed by atoms with Gasteiger partial charge in [0.05, 0.1) is 30.6 Å². The highest BCUT2D eigenvalue weighted by Crippen LogP contribution is 2.37. The van der Waals surface area contributed by atoms with Crippen LogP contribution in [0.4, 0.5) is 5.69 Å². The Labute approximate surface area is 239 Å². The maximum absolute atomic E-state index is 13.3. The van der Waals surface area contributed by atoms with Crippen LogP contribution in [-0.2, 0) is 7.05 Å². The summed E-state index contributed by atoms with van der Waals surface area (Å²) in [4.78, 5) is 30.9. The number of carbonyl (C=O) groups excluding carboxylic acids is 1. The quantitative estimate of drug-likeness (QED) is 0.206. The lowest BCUT2D eigenvalue weighted by Crippen LogP contribution is -2.25. The maximum Gasteiger partial charge on any atom is 0.284 e. The van der Waals surface area contributed by atoms with Gasteiger partial charge in [0, 0.05) is 30.4 Å². The molecular weight excluding hydrogens is 520 g/mol. The van der Waals surface area contributed by atoms with Gasteiger partial charge in [-0.2, -0.15) is 0 Å². The maximum atomic E-state index is 13.3. The van der Waals surface area contributed by atoms with Crippen molar-refractivity contribution in [3.63, 3.8) is 0 Å². The Bertz CT molecular complexity index is 1660. The normalized spacial score (nSPS) is 11.7. The minimum Gasteiger partial charge on any atom is -0.493 e. The Morgan fingerprint density at radius 3 is 2.49 bits per heavy atom. The predicted octanol–water partition coefficient (Wildman–Crippen LogP) is 6.71. The molecule has 0 saturated carbocycles. The average Bonchev–Trinajstić information content (AvgIpc) is 3.20. The molecule has 0 radical (unpaired) electrons. The summed E-state index contributed by atoms with van der Waals surface area (Å²) in [5.41, 5.74) is 2.24. The van der Waals surface area contributed by atoms with Crippen molar-refractivity contribution < 1.29 is 19.0 Å². The Morgan fingerprint density at radius 2 is 1.83 bits per heavy atom. The fourth-order valence-corrected chi connectivity index (χ4v) is 4.42. The lowest BCUT2D eigenvalue weighted by atomic mass is 10.1. The molecule has 0 aliphatic carbocycles. The lowest BCUT2D eigenvalue weighted by molar-refractivity contribution is 0.102. The third-order valence-corrected chi connectivity index (χ3v) is 6.63. The van der Waals surface area contributed by atoms with Crippen LogP contribution in [0.3, 0.4) is 0 Å². The number of methoxy groups -OCH3 is 1. The highest BCUT2D eigenvalue weighted by Gasteiger charge is 2.22. The number of benzene rings is 2. The number of hydrogen-bond acceptors (Lipinski definition) is 6. The molecule has 0 spiro atoms. The van der Waals surface area contributed by atoms with E-state index in [4.69, 9.17) is 14.2 Å². The molecule has 0 aliphatic rings. The smallest absolute Gasteiger partial charge is 0.284 e. The molecule has 4 rings (SSSR count). The summed E-state index contributed by atoms with van der Waals surface area (Å²) in [6.45, 7) is 8.26. The molecule has 2 aromatic heterocycles. The van der Waals surface area contributed by atoms with E-state index in [1.165, 1.54) is 4.68 Å². The first kappa shape index (κ1) is 29.2. The molecule has 2 heterocycles. The van der Waals surface area contributed by atoms with E-state index in [0.717, 1.165) is 18.2 Å². The second-order valence-corrected chi connectivity index (χ2v) is 9.38. The van der Waals surface area contributed by atoms with Crippen molar-refractivity contribution in [2.75, 3.05) is 19.0 Å². The molecule has 0 unspecified atom stereocenters. The summed E-state index contributed by atoms with van der Waals surface area (Å²) in [5, 5.41) is 3.61. The molecular formula is C32H36N4O5. The molecule has 0 fully saturated rings. The molecule has 2 aromatic carbocycles. The summed E-state index contributed by atoms with van der Waals surface area (Å²) in [5.74, 6) is 1.93. The van der Waals surface area contributed by atoms with Gasteiger partial charge in [0.15, 0.2) is 11.5 Å². The van der Waals surface area contributed by atoms with Crippen LogP contribution in [0, 0.1) is 6.92 Å². The molecule has 1 N–H and O–H groups in total. The minimum atomic E-state index is -0.473. The van der Waals surface area contributed by atoms with E-state index in [2.05, 4.69) is 10.3 Å². The molecule has 0 aliphatic heterocycles. The number of ether oxygens (including phenoxy) is 3. The molecule has 214 valence electrons. The molecule has 1 amide bonds. The Hall–Kier alpha value is -4.79. The van der Waals surface area contributed by atoms with E-state index in [9.17, 15) is 9.59 Å². The molecule has 0 saturated heterocycles. The number of rotatable bonds is 11. The van der Waals surface area contributed by atoms with Crippen molar-refractivity contribution in [3.05, 3.63) is 88.5 Å². The largest absolute Gasteiger partial charge is 0.493 e. The summed E-state index contributed by atoms with van der Waals surface area (Å²) >= 11 is 0. The van der Waals surface area contributed by atoms with Crippen LogP contribution in [0.1, 0.15) is 49.7 Å². The van der Waals surface area contributed by atoms with Crippen molar-refractivity contribution >= 4 is 28.2 Å². The van der Waals surface area contributed by atoms with Crippen LogP contribution in [0.15, 0.2) is 71.7 Å². The van der Waals surface area contributed by atoms with Crippen LogP contribution < -0.4 is 25.1 Å².